The molecule has 0 aliphatic carbocycles. The molecule has 12 heteroatoms. The first-order valence-electron chi connectivity index (χ1n) is 32.3. The number of aliphatic hydroxyl groups excluding tert-OH is 2. The molecular weight excluding hydrogens is 973 g/mol. The van der Waals surface area contributed by atoms with Crippen LogP contribution in [-0.2, 0) is 42.9 Å². The molecule has 1 heterocycles. The van der Waals surface area contributed by atoms with Crippen molar-refractivity contribution >= 4 is 23.9 Å². The largest absolute Gasteiger partial charge is 0.479 e. The second-order valence-corrected chi connectivity index (χ2v) is 22.4. The molecule has 6 unspecified atom stereocenters. The molecule has 0 saturated carbocycles. The van der Waals surface area contributed by atoms with Crippen LogP contribution in [0.4, 0.5) is 0 Å². The fraction of sp³-hybridized carbons (Fsp3) is 0.877. The Morgan fingerprint density at radius 1 is 0.429 bits per heavy atom. The van der Waals surface area contributed by atoms with Crippen LogP contribution in [-0.4, -0.2) is 89.2 Å². The van der Waals surface area contributed by atoms with E-state index in [1.165, 1.54) is 167 Å². The van der Waals surface area contributed by atoms with E-state index in [1.54, 1.807) is 0 Å². The van der Waals surface area contributed by atoms with Crippen molar-refractivity contribution in [1.29, 1.82) is 0 Å². The minimum absolute atomic E-state index is 0.0490. The van der Waals surface area contributed by atoms with Crippen molar-refractivity contribution in [3.8, 4) is 0 Å². The maximum atomic E-state index is 13.2. The first-order valence-corrected chi connectivity index (χ1v) is 32.3. The van der Waals surface area contributed by atoms with Crippen LogP contribution in [0.2, 0.25) is 0 Å². The summed E-state index contributed by atoms with van der Waals surface area (Å²) >= 11 is 0. The number of carboxylic acid groups (broad SMARTS) is 1. The quantitative estimate of drug-likeness (QED) is 0.0228. The lowest BCUT2D eigenvalue weighted by molar-refractivity contribution is -0.301. The molecule has 1 saturated heterocycles. The van der Waals surface area contributed by atoms with Gasteiger partial charge in [-0.05, 0) is 44.9 Å². The normalized spacial score (nSPS) is 18.1. The van der Waals surface area contributed by atoms with Crippen LogP contribution >= 0.6 is 0 Å². The summed E-state index contributed by atoms with van der Waals surface area (Å²) in [7, 11) is 0. The van der Waals surface area contributed by atoms with Gasteiger partial charge in [-0.25, -0.2) is 4.79 Å². The Balaban J connectivity index is 2.64. The molecule has 1 fully saturated rings. The zero-order chi connectivity index (χ0) is 56.1. The molecular formula is C65H118O12. The van der Waals surface area contributed by atoms with Gasteiger partial charge < -0.3 is 39.0 Å². The third-order valence-corrected chi connectivity index (χ3v) is 15.0. The summed E-state index contributed by atoms with van der Waals surface area (Å²) < 4.78 is 28.5. The highest BCUT2D eigenvalue weighted by Gasteiger charge is 2.50. The molecule has 1 rings (SSSR count). The molecule has 1 aliphatic rings. The number of esters is 3. The van der Waals surface area contributed by atoms with E-state index in [9.17, 15) is 34.5 Å². The molecule has 12 nitrogen and oxygen atoms in total. The zero-order valence-corrected chi connectivity index (χ0v) is 49.7. The van der Waals surface area contributed by atoms with Crippen LogP contribution in [0.5, 0.6) is 0 Å². The van der Waals surface area contributed by atoms with Gasteiger partial charge in [0, 0.05) is 19.3 Å². The van der Waals surface area contributed by atoms with E-state index < -0.39 is 67.3 Å². The van der Waals surface area contributed by atoms with Crippen molar-refractivity contribution in [2.75, 3.05) is 13.2 Å². The topological polar surface area (TPSA) is 175 Å². The van der Waals surface area contributed by atoms with Gasteiger partial charge in [0.05, 0.1) is 6.61 Å². The number of aliphatic hydroxyl groups is 2. The van der Waals surface area contributed by atoms with Gasteiger partial charge in [-0.3, -0.25) is 14.4 Å². The lowest BCUT2D eigenvalue weighted by Crippen LogP contribution is -2.61. The average Bonchev–Trinajstić information content (AvgIpc) is 3.42. The Bertz CT molecular complexity index is 1430. The highest BCUT2D eigenvalue weighted by atomic mass is 16.7. The lowest BCUT2D eigenvalue weighted by Gasteiger charge is -2.40. The minimum atomic E-state index is -1.90. The van der Waals surface area contributed by atoms with Gasteiger partial charge in [-0.2, -0.15) is 0 Å². The summed E-state index contributed by atoms with van der Waals surface area (Å²) in [6.07, 6.45) is 50.0. The van der Waals surface area contributed by atoms with E-state index >= 15 is 0 Å². The Labute approximate surface area is 470 Å². The van der Waals surface area contributed by atoms with Crippen molar-refractivity contribution < 1.29 is 58.2 Å². The van der Waals surface area contributed by atoms with Gasteiger partial charge in [0.25, 0.3) is 0 Å². The molecule has 1 aliphatic heterocycles. The Kier molecular flexibility index (Phi) is 50.5. The lowest BCUT2D eigenvalue weighted by atomic mass is 9.98. The molecule has 0 spiro atoms. The molecule has 6 atom stereocenters. The van der Waals surface area contributed by atoms with Gasteiger partial charge in [-0.15, -0.1) is 0 Å². The summed E-state index contributed by atoms with van der Waals surface area (Å²) in [5.74, 6) is -3.10. The number of carbonyl (C=O) groups is 4. The first kappa shape index (κ1) is 72.2. The van der Waals surface area contributed by atoms with E-state index in [0.717, 1.165) is 89.9 Å². The van der Waals surface area contributed by atoms with Crippen LogP contribution in [0.3, 0.4) is 0 Å². The second kappa shape index (κ2) is 53.8. The summed E-state index contributed by atoms with van der Waals surface area (Å²) in [6.45, 7) is 5.98. The molecule has 0 bridgehead atoms. The number of carboxylic acids is 1. The van der Waals surface area contributed by atoms with Crippen LogP contribution in [0.1, 0.15) is 316 Å². The molecule has 0 radical (unpaired) electrons. The summed E-state index contributed by atoms with van der Waals surface area (Å²) in [5, 5.41) is 31.5. The number of hydrogen-bond donors (Lipinski definition) is 3. The fourth-order valence-electron chi connectivity index (χ4n) is 10.1. The highest BCUT2D eigenvalue weighted by Crippen LogP contribution is 2.27. The first-order chi connectivity index (χ1) is 37.6. The summed E-state index contributed by atoms with van der Waals surface area (Å²) in [4.78, 5) is 51.2. The van der Waals surface area contributed by atoms with Gasteiger partial charge >= 0.3 is 23.9 Å². The van der Waals surface area contributed by atoms with E-state index in [2.05, 4.69) is 45.1 Å². The van der Waals surface area contributed by atoms with Gasteiger partial charge in [-0.1, -0.05) is 276 Å². The van der Waals surface area contributed by atoms with E-state index in [1.807, 2.05) is 0 Å². The number of carbonyl (C=O) groups excluding carboxylic acids is 3. The summed E-state index contributed by atoms with van der Waals surface area (Å²) in [6, 6.07) is 0. The number of hydrogen-bond acceptors (Lipinski definition) is 11. The molecule has 0 aromatic rings. The van der Waals surface area contributed by atoms with Crippen LogP contribution < -0.4 is 0 Å². The van der Waals surface area contributed by atoms with Crippen molar-refractivity contribution in [2.45, 2.75) is 353 Å². The number of allylic oxidation sites excluding steroid dienone is 4. The predicted molar refractivity (Wildman–Crippen MR) is 313 cm³/mol. The monoisotopic (exact) mass is 1090 g/mol. The smallest absolute Gasteiger partial charge is 0.335 e. The number of unbranched alkanes of at least 4 members (excludes halogenated alkanes) is 38. The minimum Gasteiger partial charge on any atom is -0.479 e. The number of rotatable bonds is 56. The average molecular weight is 1090 g/mol. The third-order valence-electron chi connectivity index (χ3n) is 15.0. The maximum Gasteiger partial charge on any atom is 0.335 e. The van der Waals surface area contributed by atoms with E-state index in [4.69, 9.17) is 23.7 Å². The number of ether oxygens (including phenoxy) is 5. The predicted octanol–water partition coefficient (Wildman–Crippen LogP) is 17.0. The Hall–Kier alpha value is -2.80. The Morgan fingerprint density at radius 3 is 1.22 bits per heavy atom. The SMILES string of the molecule is CCC/C=C\C/C=C\CCCCCCCC(=O)OC1C(OCC(COC(=O)CCCCCCCCCCCCCCCCCCC)OC(=O)CCCCCCCCCCCCCCCCCCC)OC(C(=O)O)C(O)C1O. The van der Waals surface area contributed by atoms with Gasteiger partial charge in [0.15, 0.2) is 24.6 Å². The Morgan fingerprint density at radius 2 is 0.805 bits per heavy atom. The maximum absolute atomic E-state index is 13.2. The number of aliphatic carboxylic acids is 1. The van der Waals surface area contributed by atoms with Crippen molar-refractivity contribution in [3.63, 3.8) is 0 Å². The van der Waals surface area contributed by atoms with E-state index in [0.29, 0.717) is 19.3 Å². The van der Waals surface area contributed by atoms with Gasteiger partial charge in [0.1, 0.15) is 18.8 Å². The molecule has 0 aromatic heterocycles. The van der Waals surface area contributed by atoms with Crippen LogP contribution in [0.25, 0.3) is 0 Å². The standard InChI is InChI=1S/C65H118O12/c1-4-7-10-13-16-19-22-25-27-29-31-34-36-39-42-45-48-51-57(66)73-54-56(75-58(67)52-49-46-43-40-38-35-32-30-28-26-23-20-17-14-11-8-5-2)55-74-65-63(61(70)60(69)62(77-65)64(71)72)76-59(68)53-50-47-44-41-37-33-24-21-18-15-12-9-6-3/h12,15,21,24,56,60-63,65,69-70H,4-11,13-14,16-20,22-23,25-55H2,1-3H3,(H,71,72)/b15-12-,24-21-. The fourth-order valence-corrected chi connectivity index (χ4v) is 10.1. The second-order valence-electron chi connectivity index (χ2n) is 22.4. The van der Waals surface area contributed by atoms with Crippen LogP contribution in [0.15, 0.2) is 24.3 Å². The third kappa shape index (κ3) is 43.7. The molecule has 77 heavy (non-hydrogen) atoms. The van der Waals surface area contributed by atoms with Crippen LogP contribution in [0, 0.1) is 0 Å². The van der Waals surface area contributed by atoms with Gasteiger partial charge in [0.2, 0.25) is 0 Å². The highest BCUT2D eigenvalue weighted by molar-refractivity contribution is 5.74. The molecule has 0 aromatic carbocycles. The van der Waals surface area contributed by atoms with Crippen molar-refractivity contribution in [1.82, 2.24) is 0 Å². The van der Waals surface area contributed by atoms with Crippen molar-refractivity contribution in [2.24, 2.45) is 0 Å². The zero-order valence-electron chi connectivity index (χ0n) is 49.7. The molecule has 450 valence electrons. The molecule has 3 N–H and O–H groups in total. The summed E-state index contributed by atoms with van der Waals surface area (Å²) in [5.41, 5.74) is 0. The van der Waals surface area contributed by atoms with Crippen molar-refractivity contribution in [3.05, 3.63) is 24.3 Å². The van der Waals surface area contributed by atoms with E-state index in [-0.39, 0.29) is 25.9 Å². The molecule has 0 amide bonds.